The van der Waals surface area contributed by atoms with E-state index in [0.29, 0.717) is 0 Å². The van der Waals surface area contributed by atoms with Crippen molar-refractivity contribution in [1.29, 1.82) is 0 Å². The molecule has 1 aliphatic rings. The summed E-state index contributed by atoms with van der Waals surface area (Å²) in [6.45, 7) is 6.80. The van der Waals surface area contributed by atoms with Crippen LogP contribution in [-0.4, -0.2) is 33.5 Å². The van der Waals surface area contributed by atoms with Crippen molar-refractivity contribution in [2.75, 3.05) is 5.75 Å². The van der Waals surface area contributed by atoms with Crippen molar-refractivity contribution in [1.82, 2.24) is 5.32 Å². The van der Waals surface area contributed by atoms with E-state index in [9.17, 15) is 14.7 Å². The van der Waals surface area contributed by atoms with Crippen molar-refractivity contribution >= 4 is 23.6 Å². The van der Waals surface area contributed by atoms with E-state index in [2.05, 4.69) is 5.32 Å². The fourth-order valence-electron chi connectivity index (χ4n) is 1.60. The number of nitrogens with one attached hydrogen (secondary N) is 1. The molecule has 5 heteroatoms. The predicted octanol–water partition coefficient (Wildman–Crippen LogP) is 1.89. The maximum Gasteiger partial charge on any atom is 0.311 e. The topological polar surface area (TPSA) is 66.4 Å². The number of carboxylic acids is 1. The second kappa shape index (κ2) is 4.88. The van der Waals surface area contributed by atoms with Crippen molar-refractivity contribution in [3.8, 4) is 0 Å². The van der Waals surface area contributed by atoms with Gasteiger partial charge in [0.15, 0.2) is 0 Å². The quantitative estimate of drug-likeness (QED) is 0.809. The highest BCUT2D eigenvalue weighted by molar-refractivity contribution is 8.00. The molecule has 1 saturated heterocycles. The molecule has 0 aromatic carbocycles. The summed E-state index contributed by atoms with van der Waals surface area (Å²) in [5, 5.41) is 12.1. The highest BCUT2D eigenvalue weighted by atomic mass is 32.2. The summed E-state index contributed by atoms with van der Waals surface area (Å²) in [6, 6.07) is 0. The van der Waals surface area contributed by atoms with Crippen LogP contribution >= 0.6 is 11.8 Å². The van der Waals surface area contributed by atoms with Crippen LogP contribution in [0.2, 0.25) is 0 Å². The second-order valence-electron chi connectivity index (χ2n) is 5.55. The minimum absolute atomic E-state index is 0.0149. The molecule has 1 rings (SSSR count). The van der Waals surface area contributed by atoms with E-state index < -0.39 is 16.9 Å². The maximum atomic E-state index is 12.0. The van der Waals surface area contributed by atoms with Gasteiger partial charge in [0.2, 0.25) is 5.91 Å². The van der Waals surface area contributed by atoms with Crippen LogP contribution in [0.5, 0.6) is 0 Å². The van der Waals surface area contributed by atoms with Gasteiger partial charge in [0.1, 0.15) is 0 Å². The fourth-order valence-corrected chi connectivity index (χ4v) is 2.76. The van der Waals surface area contributed by atoms with Gasteiger partial charge in [-0.2, -0.15) is 0 Å². The Labute approximate surface area is 107 Å². The number of carboxylic acid groups (broad SMARTS) is 1. The largest absolute Gasteiger partial charge is 0.481 e. The van der Waals surface area contributed by atoms with Crippen molar-refractivity contribution in [3.63, 3.8) is 0 Å². The van der Waals surface area contributed by atoms with E-state index in [4.69, 9.17) is 0 Å². The molecule has 0 radical (unpaired) electrons. The lowest BCUT2D eigenvalue weighted by molar-refractivity contribution is -0.151. The molecule has 98 valence electrons. The van der Waals surface area contributed by atoms with E-state index in [1.165, 1.54) is 0 Å². The molecule has 0 spiro atoms. The van der Waals surface area contributed by atoms with Crippen LogP contribution < -0.4 is 5.32 Å². The van der Waals surface area contributed by atoms with Gasteiger partial charge in [-0.05, 0) is 46.3 Å². The number of rotatable bonds is 4. The number of hydrogen-bond acceptors (Lipinski definition) is 3. The SMILES string of the molecule is CC(C)(NC(=O)C1CCCS1)C(C)(C)C(=O)O. The molecule has 0 aliphatic carbocycles. The highest BCUT2D eigenvalue weighted by Gasteiger charge is 2.45. The summed E-state index contributed by atoms with van der Waals surface area (Å²) in [5.74, 6) is 0.0783. The Bertz CT molecular complexity index is 320. The molecule has 17 heavy (non-hydrogen) atoms. The standard InChI is InChI=1S/C12H21NO3S/c1-11(2,10(15)16)12(3,4)13-9(14)8-6-5-7-17-8/h8H,5-7H2,1-4H3,(H,13,14)(H,15,16). The van der Waals surface area contributed by atoms with Gasteiger partial charge >= 0.3 is 5.97 Å². The molecule has 0 bridgehead atoms. The van der Waals surface area contributed by atoms with Crippen LogP contribution in [0.3, 0.4) is 0 Å². The third-order valence-corrected chi connectivity index (χ3v) is 5.13. The number of amides is 1. The Morgan fingerprint density at radius 2 is 1.88 bits per heavy atom. The molecule has 0 aromatic heterocycles. The van der Waals surface area contributed by atoms with Crippen molar-refractivity contribution in [2.45, 2.75) is 51.3 Å². The third-order valence-electron chi connectivity index (χ3n) is 3.75. The number of carbonyl (C=O) groups is 2. The minimum Gasteiger partial charge on any atom is -0.481 e. The molecular formula is C12H21NO3S. The summed E-state index contributed by atoms with van der Waals surface area (Å²) in [4.78, 5) is 23.2. The lowest BCUT2D eigenvalue weighted by Crippen LogP contribution is -2.58. The zero-order chi connectivity index (χ0) is 13.3. The summed E-state index contributed by atoms with van der Waals surface area (Å²) >= 11 is 1.65. The number of hydrogen-bond donors (Lipinski definition) is 2. The predicted molar refractivity (Wildman–Crippen MR) is 69.1 cm³/mol. The average Bonchev–Trinajstić information content (AvgIpc) is 2.68. The van der Waals surface area contributed by atoms with Gasteiger partial charge < -0.3 is 10.4 Å². The van der Waals surface area contributed by atoms with Gasteiger partial charge in [-0.25, -0.2) is 0 Å². The average molecular weight is 259 g/mol. The van der Waals surface area contributed by atoms with E-state index in [0.717, 1.165) is 18.6 Å². The first kappa shape index (κ1) is 14.4. The number of aliphatic carboxylic acids is 1. The molecular weight excluding hydrogens is 238 g/mol. The van der Waals surface area contributed by atoms with Crippen molar-refractivity contribution in [2.24, 2.45) is 5.41 Å². The highest BCUT2D eigenvalue weighted by Crippen LogP contribution is 2.32. The molecule has 4 nitrogen and oxygen atoms in total. The van der Waals surface area contributed by atoms with Crippen molar-refractivity contribution < 1.29 is 14.7 Å². The second-order valence-corrected chi connectivity index (χ2v) is 6.86. The smallest absolute Gasteiger partial charge is 0.311 e. The molecule has 0 saturated carbocycles. The maximum absolute atomic E-state index is 12.0. The van der Waals surface area contributed by atoms with Crippen LogP contribution in [0.25, 0.3) is 0 Å². The van der Waals surface area contributed by atoms with E-state index in [1.807, 2.05) is 0 Å². The first-order chi connectivity index (χ1) is 7.68. The van der Waals surface area contributed by atoms with Gasteiger partial charge in [0.25, 0.3) is 0 Å². The van der Waals surface area contributed by atoms with E-state index in [1.54, 1.807) is 39.5 Å². The van der Waals surface area contributed by atoms with Gasteiger partial charge in [0.05, 0.1) is 10.7 Å². The monoisotopic (exact) mass is 259 g/mol. The molecule has 1 atom stereocenters. The summed E-state index contributed by atoms with van der Waals surface area (Å²) in [7, 11) is 0. The Morgan fingerprint density at radius 1 is 1.29 bits per heavy atom. The lowest BCUT2D eigenvalue weighted by Gasteiger charge is -2.39. The molecule has 1 fully saturated rings. The van der Waals surface area contributed by atoms with E-state index in [-0.39, 0.29) is 11.2 Å². The van der Waals surface area contributed by atoms with Crippen LogP contribution in [0.15, 0.2) is 0 Å². The summed E-state index contributed by atoms with van der Waals surface area (Å²) in [5.41, 5.74) is -1.76. The number of carbonyl (C=O) groups excluding carboxylic acids is 1. The zero-order valence-corrected chi connectivity index (χ0v) is 11.7. The van der Waals surface area contributed by atoms with Gasteiger partial charge in [-0.15, -0.1) is 11.8 Å². The normalized spacial score (nSPS) is 21.3. The molecule has 1 aliphatic heterocycles. The van der Waals surface area contributed by atoms with Crippen LogP contribution in [0.1, 0.15) is 40.5 Å². The Hall–Kier alpha value is -0.710. The first-order valence-corrected chi connectivity index (χ1v) is 6.90. The summed E-state index contributed by atoms with van der Waals surface area (Å²) < 4.78 is 0. The molecule has 2 N–H and O–H groups in total. The Kier molecular flexibility index (Phi) is 4.12. The van der Waals surface area contributed by atoms with Crippen LogP contribution in [0, 0.1) is 5.41 Å². The van der Waals surface area contributed by atoms with Gasteiger partial charge in [-0.1, -0.05) is 0 Å². The summed E-state index contributed by atoms with van der Waals surface area (Å²) in [6.07, 6.45) is 1.95. The minimum atomic E-state index is -0.994. The van der Waals surface area contributed by atoms with E-state index >= 15 is 0 Å². The fraction of sp³-hybridized carbons (Fsp3) is 0.833. The molecule has 1 amide bonds. The number of thioether (sulfide) groups is 1. The van der Waals surface area contributed by atoms with Gasteiger partial charge in [-0.3, -0.25) is 9.59 Å². The van der Waals surface area contributed by atoms with Crippen molar-refractivity contribution in [3.05, 3.63) is 0 Å². The van der Waals surface area contributed by atoms with Gasteiger partial charge in [0, 0.05) is 5.54 Å². The zero-order valence-electron chi connectivity index (χ0n) is 10.9. The first-order valence-electron chi connectivity index (χ1n) is 5.85. The van der Waals surface area contributed by atoms with Crippen LogP contribution in [0.4, 0.5) is 0 Å². The molecule has 0 aromatic rings. The Morgan fingerprint density at radius 3 is 2.29 bits per heavy atom. The lowest BCUT2D eigenvalue weighted by atomic mass is 9.74. The molecule has 1 heterocycles. The van der Waals surface area contributed by atoms with Crippen LogP contribution in [-0.2, 0) is 9.59 Å². The Balaban J connectivity index is 2.71. The third kappa shape index (κ3) is 2.94. The molecule has 1 unspecified atom stereocenters.